The van der Waals surface area contributed by atoms with Gasteiger partial charge in [0.2, 0.25) is 0 Å². The average Bonchev–Trinajstić information content (AvgIpc) is 2.51. The van der Waals surface area contributed by atoms with Crippen LogP contribution in [0.5, 0.6) is 0 Å². The Morgan fingerprint density at radius 3 is 2.12 bits per heavy atom. The van der Waals surface area contributed by atoms with Crippen molar-refractivity contribution in [3.8, 4) is 0 Å². The third-order valence-corrected chi connectivity index (χ3v) is 3.92. The Labute approximate surface area is 148 Å². The number of aliphatic imine (C=N–C) groups is 1. The van der Waals surface area contributed by atoms with Crippen LogP contribution in [0.1, 0.15) is 23.6 Å². The molecule has 1 aromatic carbocycles. The molecule has 0 spiro atoms. The number of rotatable bonds is 6. The van der Waals surface area contributed by atoms with Gasteiger partial charge in [0.1, 0.15) is 6.61 Å². The summed E-state index contributed by atoms with van der Waals surface area (Å²) in [6, 6.07) is 1.18. The molecule has 0 aliphatic carbocycles. The quantitative estimate of drug-likeness (QED) is 0.214. The van der Waals surface area contributed by atoms with Crippen LogP contribution in [0.25, 0.3) is 0 Å². The third kappa shape index (κ3) is 7.05. The lowest BCUT2D eigenvalue weighted by atomic mass is 10.1. The number of ether oxygens (including phenoxy) is 1. The number of hydrogen-bond acceptors (Lipinski definition) is 3. The summed E-state index contributed by atoms with van der Waals surface area (Å²) >= 11 is 3.10. The molecule has 0 radical (unpaired) electrons. The zero-order chi connectivity index (χ0) is 19.3. The van der Waals surface area contributed by atoms with Gasteiger partial charge in [-0.2, -0.15) is 26.3 Å². The van der Waals surface area contributed by atoms with Gasteiger partial charge in [-0.05, 0) is 23.8 Å². The largest absolute Gasteiger partial charge is 0.463 e. The molecule has 0 saturated heterocycles. The first-order chi connectivity index (χ1) is 11.4. The van der Waals surface area contributed by atoms with Crippen LogP contribution in [0, 0.1) is 5.92 Å². The lowest BCUT2D eigenvalue weighted by Crippen LogP contribution is -2.17. The second-order valence-corrected chi connectivity index (χ2v) is 5.74. The van der Waals surface area contributed by atoms with Crippen molar-refractivity contribution in [1.82, 2.24) is 0 Å². The fourth-order valence-electron chi connectivity index (χ4n) is 1.63. The second-order valence-electron chi connectivity index (χ2n) is 5.10. The van der Waals surface area contributed by atoms with Gasteiger partial charge >= 0.3 is 18.3 Å². The number of nitrogens with zero attached hydrogens (tertiary/aromatic N) is 1. The van der Waals surface area contributed by atoms with Crippen molar-refractivity contribution >= 4 is 28.1 Å². The van der Waals surface area contributed by atoms with Gasteiger partial charge in [0, 0.05) is 11.5 Å². The maximum atomic E-state index is 12.7. The summed E-state index contributed by atoms with van der Waals surface area (Å²) in [5.74, 6) is -0.854. The summed E-state index contributed by atoms with van der Waals surface area (Å²) in [6.07, 6.45) is -8.94. The molecule has 140 valence electrons. The van der Waals surface area contributed by atoms with Crippen LogP contribution >= 0.6 is 15.9 Å². The van der Waals surface area contributed by atoms with E-state index in [0.29, 0.717) is 17.5 Å². The molecular weight excluding hydrogens is 420 g/mol. The molecule has 0 heterocycles. The third-order valence-electron chi connectivity index (χ3n) is 2.95. The standard InChI is InChI=1S/C15H14BrF6NO2/c1-9(7-16)13(24)25-3-2-23-8-10-4-11(14(17,18)19)6-12(5-10)15(20,21)22/h4-6,8-9H,2-3,7H2,1H3. The second kappa shape index (κ2) is 8.68. The summed E-state index contributed by atoms with van der Waals surface area (Å²) in [4.78, 5) is 15.1. The zero-order valence-corrected chi connectivity index (χ0v) is 14.5. The van der Waals surface area contributed by atoms with Gasteiger partial charge in [0.25, 0.3) is 0 Å². The van der Waals surface area contributed by atoms with E-state index in [2.05, 4.69) is 20.9 Å². The van der Waals surface area contributed by atoms with Crippen LogP contribution in [-0.4, -0.2) is 30.7 Å². The van der Waals surface area contributed by atoms with Crippen molar-refractivity contribution in [3.63, 3.8) is 0 Å². The molecule has 0 fully saturated rings. The Hall–Kier alpha value is -1.58. The van der Waals surface area contributed by atoms with Gasteiger partial charge in [0.15, 0.2) is 0 Å². The van der Waals surface area contributed by atoms with E-state index in [1.54, 1.807) is 6.92 Å². The van der Waals surface area contributed by atoms with E-state index in [1.807, 2.05) is 0 Å². The predicted molar refractivity (Wildman–Crippen MR) is 82.8 cm³/mol. The maximum Gasteiger partial charge on any atom is 0.416 e. The topological polar surface area (TPSA) is 38.7 Å². The fraction of sp³-hybridized carbons (Fsp3) is 0.467. The van der Waals surface area contributed by atoms with E-state index in [0.717, 1.165) is 6.21 Å². The maximum absolute atomic E-state index is 12.7. The van der Waals surface area contributed by atoms with Crippen molar-refractivity contribution in [2.24, 2.45) is 10.9 Å². The predicted octanol–water partition coefficient (Wildman–Crippen LogP) is 4.72. The molecule has 10 heteroatoms. The minimum atomic E-state index is -4.91. The minimum Gasteiger partial charge on any atom is -0.463 e. The minimum absolute atomic E-state index is 0.0424. The van der Waals surface area contributed by atoms with Crippen LogP contribution in [0.3, 0.4) is 0 Å². The first-order valence-electron chi connectivity index (χ1n) is 6.97. The Balaban J connectivity index is 2.82. The van der Waals surface area contributed by atoms with E-state index in [4.69, 9.17) is 4.74 Å². The van der Waals surface area contributed by atoms with E-state index >= 15 is 0 Å². The summed E-state index contributed by atoms with van der Waals surface area (Å²) in [6.45, 7) is 1.41. The summed E-state index contributed by atoms with van der Waals surface area (Å²) in [7, 11) is 0. The summed E-state index contributed by atoms with van der Waals surface area (Å²) < 4.78 is 81.1. The number of esters is 1. The van der Waals surface area contributed by atoms with Gasteiger partial charge in [-0.1, -0.05) is 22.9 Å². The molecule has 0 aliphatic heterocycles. The molecular formula is C15H14BrF6NO2. The van der Waals surface area contributed by atoms with Crippen molar-refractivity contribution < 1.29 is 35.9 Å². The highest BCUT2D eigenvalue weighted by Crippen LogP contribution is 2.36. The molecule has 0 amide bonds. The number of benzene rings is 1. The SMILES string of the molecule is CC(CBr)C(=O)OCCN=Cc1cc(C(F)(F)F)cc(C(F)(F)F)c1. The van der Waals surface area contributed by atoms with Crippen molar-refractivity contribution in [2.45, 2.75) is 19.3 Å². The zero-order valence-electron chi connectivity index (χ0n) is 12.9. The highest BCUT2D eigenvalue weighted by molar-refractivity contribution is 9.09. The summed E-state index contributed by atoms with van der Waals surface area (Å²) in [5, 5.41) is 0.402. The Morgan fingerprint density at radius 1 is 1.16 bits per heavy atom. The molecule has 0 saturated carbocycles. The Kier molecular flexibility index (Phi) is 7.45. The first kappa shape index (κ1) is 21.5. The first-order valence-corrected chi connectivity index (χ1v) is 8.09. The molecule has 0 N–H and O–H groups in total. The van der Waals surface area contributed by atoms with Crippen molar-refractivity contribution in [3.05, 3.63) is 34.9 Å². The van der Waals surface area contributed by atoms with Gasteiger partial charge in [-0.3, -0.25) is 9.79 Å². The lowest BCUT2D eigenvalue weighted by Gasteiger charge is -2.12. The molecule has 1 atom stereocenters. The number of carbonyl (C=O) groups is 1. The average molecular weight is 434 g/mol. The number of alkyl halides is 7. The molecule has 0 bridgehead atoms. The van der Waals surface area contributed by atoms with Crippen LogP contribution in [0.4, 0.5) is 26.3 Å². The van der Waals surface area contributed by atoms with Crippen molar-refractivity contribution in [1.29, 1.82) is 0 Å². The normalized spacial score (nSPS) is 13.9. The number of hydrogen-bond donors (Lipinski definition) is 0. The molecule has 25 heavy (non-hydrogen) atoms. The highest BCUT2D eigenvalue weighted by Gasteiger charge is 2.36. The van der Waals surface area contributed by atoms with Crippen LogP contribution in [0.15, 0.2) is 23.2 Å². The molecule has 1 rings (SSSR count). The van der Waals surface area contributed by atoms with E-state index in [9.17, 15) is 31.1 Å². The lowest BCUT2D eigenvalue weighted by molar-refractivity contribution is -0.147. The van der Waals surface area contributed by atoms with Crippen LogP contribution in [0.2, 0.25) is 0 Å². The molecule has 1 aromatic rings. The van der Waals surface area contributed by atoms with Gasteiger partial charge in [-0.25, -0.2) is 0 Å². The smallest absolute Gasteiger partial charge is 0.416 e. The number of halogens is 7. The highest BCUT2D eigenvalue weighted by atomic mass is 79.9. The van der Waals surface area contributed by atoms with E-state index in [1.165, 1.54) is 0 Å². The number of carbonyl (C=O) groups excluding carboxylic acids is 1. The molecule has 1 unspecified atom stereocenters. The van der Waals surface area contributed by atoms with Gasteiger partial charge in [-0.15, -0.1) is 0 Å². The van der Waals surface area contributed by atoms with Crippen LogP contribution in [-0.2, 0) is 21.9 Å². The van der Waals surface area contributed by atoms with Gasteiger partial charge in [0.05, 0.1) is 23.6 Å². The Morgan fingerprint density at radius 2 is 1.68 bits per heavy atom. The Bertz CT molecular complexity index is 595. The van der Waals surface area contributed by atoms with E-state index in [-0.39, 0.29) is 30.7 Å². The van der Waals surface area contributed by atoms with E-state index < -0.39 is 29.4 Å². The van der Waals surface area contributed by atoms with Gasteiger partial charge < -0.3 is 4.74 Å². The van der Waals surface area contributed by atoms with Crippen molar-refractivity contribution in [2.75, 3.05) is 18.5 Å². The fourth-order valence-corrected chi connectivity index (χ4v) is 1.89. The summed E-state index contributed by atoms with van der Waals surface area (Å²) in [5.41, 5.74) is -3.18. The monoisotopic (exact) mass is 433 g/mol. The molecule has 0 aromatic heterocycles. The van der Waals surface area contributed by atoms with Crippen LogP contribution < -0.4 is 0 Å². The molecule has 3 nitrogen and oxygen atoms in total. The molecule has 0 aliphatic rings.